The molecular formula is C47H38O11. The van der Waals surface area contributed by atoms with Crippen molar-refractivity contribution >= 4 is 35.7 Å². The highest BCUT2D eigenvalue weighted by atomic mass is 16.6. The molecule has 0 radical (unpaired) electrons. The van der Waals surface area contributed by atoms with Crippen molar-refractivity contribution in [3.8, 4) is 34.1 Å². The van der Waals surface area contributed by atoms with Gasteiger partial charge in [-0.05, 0) is 94.8 Å². The Morgan fingerprint density at radius 2 is 1.09 bits per heavy atom. The van der Waals surface area contributed by atoms with Crippen molar-refractivity contribution in [2.75, 3.05) is 26.4 Å². The fourth-order valence-electron chi connectivity index (χ4n) is 7.62. The third-order valence-corrected chi connectivity index (χ3v) is 10.5. The van der Waals surface area contributed by atoms with Crippen LogP contribution in [0.15, 0.2) is 127 Å². The maximum absolute atomic E-state index is 12.7. The monoisotopic (exact) mass is 778 g/mol. The molecule has 4 atom stereocenters. The lowest BCUT2D eigenvalue weighted by atomic mass is 9.67. The summed E-state index contributed by atoms with van der Waals surface area (Å²) < 4.78 is 33.3. The van der Waals surface area contributed by atoms with Crippen molar-refractivity contribution in [2.24, 2.45) is 11.8 Å². The minimum Gasteiger partial charge on any atom is -0.490 e. The van der Waals surface area contributed by atoms with Crippen LogP contribution in [0.4, 0.5) is 0 Å². The summed E-state index contributed by atoms with van der Waals surface area (Å²) >= 11 is 0. The molecule has 0 aromatic heterocycles. The quantitative estimate of drug-likeness (QED) is 0.0343. The van der Waals surface area contributed by atoms with E-state index in [4.69, 9.17) is 28.4 Å². The summed E-state index contributed by atoms with van der Waals surface area (Å²) in [4.78, 5) is 61.8. The number of cyclic esters (lactones) is 4. The number of rotatable bonds is 15. The van der Waals surface area contributed by atoms with Gasteiger partial charge in [-0.15, -0.1) is 0 Å². The fourth-order valence-corrected chi connectivity index (χ4v) is 7.62. The van der Waals surface area contributed by atoms with Crippen molar-refractivity contribution in [3.63, 3.8) is 0 Å². The normalized spacial score (nSPS) is 19.6. The van der Waals surface area contributed by atoms with Crippen LogP contribution in [-0.4, -0.2) is 56.1 Å². The number of hydrogen-bond acceptors (Lipinski definition) is 11. The van der Waals surface area contributed by atoms with Crippen molar-refractivity contribution in [1.29, 1.82) is 0 Å². The lowest BCUT2D eigenvalue weighted by molar-refractivity contribution is -0.155. The van der Waals surface area contributed by atoms with E-state index in [0.717, 1.165) is 22.4 Å². The molecule has 2 heterocycles. The van der Waals surface area contributed by atoms with Gasteiger partial charge < -0.3 is 28.4 Å². The second-order valence-electron chi connectivity index (χ2n) is 14.1. The Morgan fingerprint density at radius 1 is 0.552 bits per heavy atom. The zero-order chi connectivity index (χ0) is 40.0. The van der Waals surface area contributed by atoms with Gasteiger partial charge in [0, 0.05) is 5.56 Å². The summed E-state index contributed by atoms with van der Waals surface area (Å²) in [5.74, 6) is -2.65. The van der Waals surface area contributed by atoms with Crippen molar-refractivity contribution < 1.29 is 52.4 Å². The Balaban J connectivity index is 0.778. The first-order valence-corrected chi connectivity index (χ1v) is 19.0. The number of carbonyl (C=O) groups excluding carboxylic acids is 5. The number of hydrogen-bond donors (Lipinski definition) is 0. The zero-order valence-corrected chi connectivity index (χ0v) is 31.2. The molecule has 1 aliphatic carbocycles. The smallest absolute Gasteiger partial charge is 0.321 e. The van der Waals surface area contributed by atoms with Crippen LogP contribution in [0.25, 0.3) is 17.2 Å². The van der Waals surface area contributed by atoms with Crippen molar-refractivity contribution in [3.05, 3.63) is 150 Å². The molecule has 4 unspecified atom stereocenters. The van der Waals surface area contributed by atoms with Crippen LogP contribution in [0.5, 0.6) is 23.0 Å². The molecule has 2 fully saturated rings. The second kappa shape index (κ2) is 17.0. The molecule has 0 saturated carbocycles. The third kappa shape index (κ3) is 8.53. The summed E-state index contributed by atoms with van der Waals surface area (Å²) in [5, 5.41) is 0. The minimum absolute atomic E-state index is 0.0470. The van der Waals surface area contributed by atoms with Gasteiger partial charge in [0.1, 0.15) is 49.4 Å². The highest BCUT2D eigenvalue weighted by Crippen LogP contribution is 2.51. The molecule has 292 valence electrons. The van der Waals surface area contributed by atoms with Gasteiger partial charge in [-0.2, -0.15) is 0 Å². The Hall–Kier alpha value is -7.01. The number of ketones is 1. The molecule has 2 saturated heterocycles. The van der Waals surface area contributed by atoms with E-state index in [1.54, 1.807) is 42.5 Å². The van der Waals surface area contributed by atoms with Crippen LogP contribution in [0.2, 0.25) is 0 Å². The average Bonchev–Trinajstić information content (AvgIpc) is 3.75. The molecule has 5 aromatic rings. The number of carbonyl (C=O) groups is 5. The number of fused-ring (bicyclic) bond motifs is 3. The molecule has 11 nitrogen and oxygen atoms in total. The molecule has 3 aliphatic rings. The van der Waals surface area contributed by atoms with Crippen LogP contribution in [0, 0.1) is 11.8 Å². The molecule has 0 spiro atoms. The van der Waals surface area contributed by atoms with Crippen LogP contribution in [0.3, 0.4) is 0 Å². The Bertz CT molecular complexity index is 2350. The summed E-state index contributed by atoms with van der Waals surface area (Å²) in [5.41, 5.74) is 4.84. The van der Waals surface area contributed by atoms with E-state index in [1.165, 1.54) is 0 Å². The summed E-state index contributed by atoms with van der Waals surface area (Å²) in [6, 6.07) is 37.4. The summed E-state index contributed by atoms with van der Waals surface area (Å²) in [6.07, 6.45) is 3.49. The predicted molar refractivity (Wildman–Crippen MR) is 210 cm³/mol. The fraction of sp³-hybridized carbons (Fsp3) is 0.213. The van der Waals surface area contributed by atoms with Gasteiger partial charge in [0.25, 0.3) is 0 Å². The average molecular weight is 779 g/mol. The molecule has 58 heavy (non-hydrogen) atoms. The molecule has 11 heteroatoms. The SMILES string of the molecule is O=C1CC(C2CC3C(=O)OC(=O)C3c3cc(OCCOc4ccc(-c5ccc(OCCOc6ccc(/C=C/C(=O)c7ccccc7)cc6)cc5)cc4)ccc32)C(=O)O1. The van der Waals surface area contributed by atoms with Gasteiger partial charge >= 0.3 is 23.9 Å². The van der Waals surface area contributed by atoms with E-state index >= 15 is 0 Å². The van der Waals surface area contributed by atoms with E-state index in [9.17, 15) is 24.0 Å². The molecule has 0 amide bonds. The summed E-state index contributed by atoms with van der Waals surface area (Å²) in [7, 11) is 0. The Morgan fingerprint density at radius 3 is 1.66 bits per heavy atom. The predicted octanol–water partition coefficient (Wildman–Crippen LogP) is 7.53. The Kier molecular flexibility index (Phi) is 11.1. The van der Waals surface area contributed by atoms with E-state index < -0.39 is 47.5 Å². The zero-order valence-electron chi connectivity index (χ0n) is 31.2. The Labute approximate surface area is 334 Å². The van der Waals surface area contributed by atoms with Gasteiger partial charge in [-0.1, -0.05) is 78.9 Å². The van der Waals surface area contributed by atoms with Crippen LogP contribution < -0.4 is 18.9 Å². The number of benzene rings is 5. The molecule has 8 rings (SSSR count). The van der Waals surface area contributed by atoms with E-state index in [1.807, 2.05) is 91.0 Å². The number of allylic oxidation sites excluding steroid dienone is 1. The topological polar surface area (TPSA) is 141 Å². The van der Waals surface area contributed by atoms with Crippen molar-refractivity contribution in [2.45, 2.75) is 24.7 Å². The van der Waals surface area contributed by atoms with Gasteiger partial charge in [0.2, 0.25) is 0 Å². The first kappa shape index (κ1) is 37.9. The van der Waals surface area contributed by atoms with Crippen molar-refractivity contribution in [1.82, 2.24) is 0 Å². The van der Waals surface area contributed by atoms with Crippen LogP contribution in [0.1, 0.15) is 51.7 Å². The highest BCUT2D eigenvalue weighted by molar-refractivity contribution is 6.06. The minimum atomic E-state index is -0.793. The molecular weight excluding hydrogens is 741 g/mol. The van der Waals surface area contributed by atoms with Crippen LogP contribution >= 0.6 is 0 Å². The first-order valence-electron chi connectivity index (χ1n) is 19.0. The maximum atomic E-state index is 12.7. The van der Waals surface area contributed by atoms with Gasteiger partial charge in [0.05, 0.1) is 24.2 Å². The molecule has 2 aliphatic heterocycles. The maximum Gasteiger partial charge on any atom is 0.321 e. The van der Waals surface area contributed by atoms with E-state index in [0.29, 0.717) is 47.2 Å². The van der Waals surface area contributed by atoms with Crippen LogP contribution in [-0.2, 0) is 28.7 Å². The lowest BCUT2D eigenvalue weighted by Gasteiger charge is -2.33. The second-order valence-corrected chi connectivity index (χ2v) is 14.1. The van der Waals surface area contributed by atoms with Gasteiger partial charge in [0.15, 0.2) is 5.78 Å². The first-order chi connectivity index (χ1) is 28.3. The van der Waals surface area contributed by atoms with E-state index in [-0.39, 0.29) is 31.8 Å². The van der Waals surface area contributed by atoms with E-state index in [2.05, 4.69) is 0 Å². The molecule has 5 aromatic carbocycles. The lowest BCUT2D eigenvalue weighted by Crippen LogP contribution is -2.31. The standard InChI is InChI=1S/C47H38O11/c48-42(32-4-2-1-3-5-32)21-8-29-6-13-33(14-7-29)53-22-23-54-34-15-9-30(10-16-34)31-11-17-35(18-12-31)55-24-25-56-36-19-20-37-38(40-28-43(49)57-45(40)50)27-41-44(39(37)26-36)47(52)58-46(41)51/h1-21,26,38,40-41,44H,22-25,27-28H2/b21-8+. The number of esters is 4. The van der Waals surface area contributed by atoms with Gasteiger partial charge in [-0.25, -0.2) is 0 Å². The molecule has 0 bridgehead atoms. The highest BCUT2D eigenvalue weighted by Gasteiger charge is 2.53. The third-order valence-electron chi connectivity index (χ3n) is 10.5. The largest absolute Gasteiger partial charge is 0.490 e. The molecule has 0 N–H and O–H groups in total. The number of ether oxygens (including phenoxy) is 6. The summed E-state index contributed by atoms with van der Waals surface area (Å²) in [6.45, 7) is 1.19. The van der Waals surface area contributed by atoms with Gasteiger partial charge in [-0.3, -0.25) is 24.0 Å².